The molecule has 2 aliphatic rings. The normalized spacial score (nSPS) is 22.6. The van der Waals surface area contributed by atoms with Crippen LogP contribution < -0.4 is 0 Å². The van der Waals surface area contributed by atoms with Crippen LogP contribution >= 0.6 is 12.4 Å². The number of halogens is 1. The second-order valence-corrected chi connectivity index (χ2v) is 11.8. The second-order valence-electron chi connectivity index (χ2n) is 9.89. The molecule has 10 heteroatoms. The van der Waals surface area contributed by atoms with Crippen LogP contribution in [0.4, 0.5) is 0 Å². The number of amides is 2. The first-order chi connectivity index (χ1) is 15.6. The summed E-state index contributed by atoms with van der Waals surface area (Å²) in [7, 11) is -3.68. The van der Waals surface area contributed by atoms with Crippen molar-refractivity contribution < 1.29 is 18.0 Å². The SMILES string of the molecule is CCCCN(CCCC)Cc1ccc(C(=O)N2CC[C@@H]3[C@@H]2[C@H](C(C)C)C(=O)N3S(C)(=O)=O)[nH]1.Cl. The number of nitrogens with zero attached hydrogens (tertiary/aromatic N) is 3. The van der Waals surface area contributed by atoms with Crippen LogP contribution in [0.25, 0.3) is 0 Å². The van der Waals surface area contributed by atoms with Gasteiger partial charge in [0.2, 0.25) is 15.9 Å². The maximum absolute atomic E-state index is 13.5. The summed E-state index contributed by atoms with van der Waals surface area (Å²) in [5.74, 6) is -1.11. The molecule has 0 saturated carbocycles. The molecular weight excluding hydrogens is 476 g/mol. The number of rotatable bonds is 11. The first kappa shape index (κ1) is 28.7. The summed E-state index contributed by atoms with van der Waals surface area (Å²) < 4.78 is 25.7. The van der Waals surface area contributed by atoms with Crippen LogP contribution in [0, 0.1) is 11.8 Å². The van der Waals surface area contributed by atoms with Crippen LogP contribution in [0.1, 0.15) is 76.0 Å². The number of hydrogen-bond acceptors (Lipinski definition) is 5. The Bertz CT molecular complexity index is 941. The van der Waals surface area contributed by atoms with E-state index in [1.807, 2.05) is 26.0 Å². The van der Waals surface area contributed by atoms with Crippen molar-refractivity contribution in [3.8, 4) is 0 Å². The number of carbonyl (C=O) groups is 2. The van der Waals surface area contributed by atoms with Gasteiger partial charge in [0.1, 0.15) is 5.69 Å². The molecule has 1 N–H and O–H groups in total. The van der Waals surface area contributed by atoms with Gasteiger partial charge < -0.3 is 9.88 Å². The predicted octanol–water partition coefficient (Wildman–Crippen LogP) is 3.50. The van der Waals surface area contributed by atoms with E-state index in [1.54, 1.807) is 4.90 Å². The molecule has 0 unspecified atom stereocenters. The lowest BCUT2D eigenvalue weighted by molar-refractivity contribution is -0.129. The highest BCUT2D eigenvalue weighted by Gasteiger charge is 2.58. The number of H-pyrrole nitrogens is 1. The van der Waals surface area contributed by atoms with Crippen molar-refractivity contribution in [2.45, 2.75) is 78.4 Å². The van der Waals surface area contributed by atoms with Gasteiger partial charge in [0.15, 0.2) is 0 Å². The van der Waals surface area contributed by atoms with Gasteiger partial charge in [-0.1, -0.05) is 40.5 Å². The van der Waals surface area contributed by atoms with Gasteiger partial charge in [-0.3, -0.25) is 14.5 Å². The van der Waals surface area contributed by atoms with Gasteiger partial charge in [-0.05, 0) is 50.4 Å². The third-order valence-corrected chi connectivity index (χ3v) is 8.12. The average Bonchev–Trinajstić information content (AvgIpc) is 3.42. The zero-order valence-corrected chi connectivity index (χ0v) is 22.8. The third kappa shape index (κ3) is 5.97. The average molecular weight is 517 g/mol. The standard InChI is InChI=1S/C24H40N4O4S.ClH/c1-6-8-13-26(14-9-7-2)16-18-10-11-19(25-18)23(29)27-15-12-20-22(27)21(17(3)4)24(30)28(20)33(5,31)32;/h10-11,17,20-22,25H,6-9,12-16H2,1-5H3;1H/t20-,21+,22-;/m1./s1. The highest BCUT2D eigenvalue weighted by Crippen LogP contribution is 2.41. The van der Waals surface area contributed by atoms with E-state index < -0.39 is 28.0 Å². The van der Waals surface area contributed by atoms with Crippen molar-refractivity contribution in [1.29, 1.82) is 0 Å². The van der Waals surface area contributed by atoms with Crippen molar-refractivity contribution in [3.63, 3.8) is 0 Å². The Morgan fingerprint density at radius 2 is 1.79 bits per heavy atom. The minimum atomic E-state index is -3.68. The molecule has 0 aliphatic carbocycles. The molecule has 0 bridgehead atoms. The summed E-state index contributed by atoms with van der Waals surface area (Å²) in [6.07, 6.45) is 6.15. The molecule has 2 fully saturated rings. The Kier molecular flexibility index (Phi) is 10.0. The van der Waals surface area contributed by atoms with Crippen molar-refractivity contribution in [2.24, 2.45) is 11.8 Å². The molecule has 194 valence electrons. The summed E-state index contributed by atoms with van der Waals surface area (Å²) in [6, 6.07) is 2.89. The lowest BCUT2D eigenvalue weighted by atomic mass is 9.88. The van der Waals surface area contributed by atoms with Gasteiger partial charge in [0, 0.05) is 18.8 Å². The van der Waals surface area contributed by atoms with E-state index in [1.165, 1.54) is 0 Å². The molecule has 3 atom stereocenters. The van der Waals surface area contributed by atoms with Gasteiger partial charge in [-0.2, -0.15) is 0 Å². The highest BCUT2D eigenvalue weighted by molar-refractivity contribution is 7.88. The molecule has 0 spiro atoms. The monoisotopic (exact) mass is 516 g/mol. The van der Waals surface area contributed by atoms with E-state index in [0.717, 1.165) is 61.6 Å². The maximum Gasteiger partial charge on any atom is 0.270 e. The molecule has 1 aromatic heterocycles. The molecule has 3 heterocycles. The number of unbranched alkanes of at least 4 members (excludes halogenated alkanes) is 2. The summed E-state index contributed by atoms with van der Waals surface area (Å²) in [5, 5.41) is 0. The fourth-order valence-electron chi connectivity index (χ4n) is 5.36. The van der Waals surface area contributed by atoms with Crippen LogP contribution in [0.2, 0.25) is 0 Å². The van der Waals surface area contributed by atoms with Gasteiger partial charge in [0.25, 0.3) is 5.91 Å². The number of fused-ring (bicyclic) bond motifs is 1. The number of nitrogens with one attached hydrogen (secondary N) is 1. The predicted molar refractivity (Wildman–Crippen MR) is 136 cm³/mol. The van der Waals surface area contributed by atoms with E-state index in [4.69, 9.17) is 0 Å². The van der Waals surface area contributed by atoms with E-state index in [9.17, 15) is 18.0 Å². The van der Waals surface area contributed by atoms with Gasteiger partial charge in [-0.15, -0.1) is 12.4 Å². The first-order valence-corrected chi connectivity index (χ1v) is 14.2. The summed E-state index contributed by atoms with van der Waals surface area (Å²) in [5.41, 5.74) is 1.51. The quantitative estimate of drug-likeness (QED) is 0.486. The zero-order valence-electron chi connectivity index (χ0n) is 21.1. The Morgan fingerprint density at radius 3 is 2.32 bits per heavy atom. The van der Waals surface area contributed by atoms with E-state index in [-0.39, 0.29) is 30.1 Å². The number of aromatic nitrogens is 1. The van der Waals surface area contributed by atoms with Crippen molar-refractivity contribution in [3.05, 3.63) is 23.5 Å². The molecule has 1 aromatic rings. The lowest BCUT2D eigenvalue weighted by Gasteiger charge is -2.29. The Balaban J connectivity index is 0.00000408. The minimum Gasteiger partial charge on any atom is -0.353 e. The van der Waals surface area contributed by atoms with Crippen LogP contribution in [-0.4, -0.2) is 77.3 Å². The van der Waals surface area contributed by atoms with Crippen LogP contribution in [-0.2, 0) is 21.4 Å². The Hall–Kier alpha value is -1.58. The summed E-state index contributed by atoms with van der Waals surface area (Å²) in [6.45, 7) is 11.5. The second kappa shape index (κ2) is 11.9. The number of aromatic amines is 1. The number of carbonyl (C=O) groups excluding carboxylic acids is 2. The van der Waals surface area contributed by atoms with Crippen LogP contribution in [0.3, 0.4) is 0 Å². The van der Waals surface area contributed by atoms with Crippen LogP contribution in [0.15, 0.2) is 12.1 Å². The largest absolute Gasteiger partial charge is 0.353 e. The minimum absolute atomic E-state index is 0. The molecule has 0 radical (unpaired) electrons. The van der Waals surface area contributed by atoms with E-state index in [2.05, 4.69) is 23.7 Å². The van der Waals surface area contributed by atoms with Crippen molar-refractivity contribution in [2.75, 3.05) is 25.9 Å². The fraction of sp³-hybridized carbons (Fsp3) is 0.750. The maximum atomic E-state index is 13.5. The van der Waals surface area contributed by atoms with E-state index >= 15 is 0 Å². The smallest absolute Gasteiger partial charge is 0.270 e. The van der Waals surface area contributed by atoms with Crippen molar-refractivity contribution in [1.82, 2.24) is 19.1 Å². The van der Waals surface area contributed by atoms with Gasteiger partial charge >= 0.3 is 0 Å². The molecule has 34 heavy (non-hydrogen) atoms. The molecule has 2 amide bonds. The van der Waals surface area contributed by atoms with E-state index in [0.29, 0.717) is 18.7 Å². The summed E-state index contributed by atoms with van der Waals surface area (Å²) >= 11 is 0. The number of hydrogen-bond donors (Lipinski definition) is 1. The first-order valence-electron chi connectivity index (χ1n) is 12.3. The highest BCUT2D eigenvalue weighted by atomic mass is 35.5. The number of sulfonamides is 1. The molecule has 8 nitrogen and oxygen atoms in total. The Morgan fingerprint density at radius 1 is 1.18 bits per heavy atom. The summed E-state index contributed by atoms with van der Waals surface area (Å²) in [4.78, 5) is 33.9. The molecule has 3 rings (SSSR count). The Labute approximate surface area is 210 Å². The molecule has 2 saturated heterocycles. The van der Waals surface area contributed by atoms with Gasteiger partial charge in [0.05, 0.1) is 24.3 Å². The third-order valence-electron chi connectivity index (χ3n) is 6.95. The topological polar surface area (TPSA) is 93.8 Å². The molecule has 0 aromatic carbocycles. The van der Waals surface area contributed by atoms with Crippen LogP contribution in [0.5, 0.6) is 0 Å². The van der Waals surface area contributed by atoms with Crippen molar-refractivity contribution >= 4 is 34.2 Å². The van der Waals surface area contributed by atoms with Gasteiger partial charge in [-0.25, -0.2) is 12.7 Å². The molecular formula is C24H41ClN4O4S. The molecule has 2 aliphatic heterocycles. The number of likely N-dealkylation sites (tertiary alicyclic amines) is 1. The lowest BCUT2D eigenvalue weighted by Crippen LogP contribution is -2.44. The zero-order chi connectivity index (χ0) is 24.3. The fourth-order valence-corrected chi connectivity index (χ4v) is 6.53.